The van der Waals surface area contributed by atoms with Gasteiger partial charge in [0, 0.05) is 11.7 Å². The smallest absolute Gasteiger partial charge is 0.390 e. The summed E-state index contributed by atoms with van der Waals surface area (Å²) < 4.78 is 66.7. The minimum Gasteiger partial charge on any atom is -0.492 e. The summed E-state index contributed by atoms with van der Waals surface area (Å²) in [6, 6.07) is 5.11. The van der Waals surface area contributed by atoms with E-state index in [1.165, 1.54) is 0 Å². The molecule has 120 valence electrons. The zero-order valence-corrected chi connectivity index (χ0v) is 12.2. The summed E-state index contributed by atoms with van der Waals surface area (Å²) in [6.07, 6.45) is -5.63. The molecule has 0 aliphatic rings. The predicted octanol–water partition coefficient (Wildman–Crippen LogP) is 1.91. The molecule has 0 saturated heterocycles. The molecule has 0 aromatic heterocycles. The van der Waals surface area contributed by atoms with Crippen molar-refractivity contribution in [2.75, 3.05) is 18.1 Å². The molecular formula is C12H17F3N2O3S. The largest absolute Gasteiger partial charge is 0.492 e. The molecular weight excluding hydrogens is 309 g/mol. The predicted molar refractivity (Wildman–Crippen MR) is 73.4 cm³/mol. The number of ether oxygens (including phenoxy) is 1. The average molecular weight is 326 g/mol. The summed E-state index contributed by atoms with van der Waals surface area (Å²) in [5, 5.41) is 0. The molecule has 1 unspecified atom stereocenters. The van der Waals surface area contributed by atoms with Gasteiger partial charge in [-0.15, -0.1) is 0 Å². The first-order valence-corrected chi connectivity index (χ1v) is 7.78. The van der Waals surface area contributed by atoms with Gasteiger partial charge in [0.1, 0.15) is 12.4 Å². The van der Waals surface area contributed by atoms with E-state index in [4.69, 9.17) is 10.5 Å². The van der Waals surface area contributed by atoms with E-state index >= 15 is 0 Å². The minimum absolute atomic E-state index is 0.169. The Morgan fingerprint density at radius 1 is 1.29 bits per heavy atom. The van der Waals surface area contributed by atoms with Crippen molar-refractivity contribution in [3.63, 3.8) is 0 Å². The number of nitrogens with two attached hydrogens (primary N) is 1. The van der Waals surface area contributed by atoms with Crippen molar-refractivity contribution >= 4 is 15.7 Å². The number of nitrogen functional groups attached to an aromatic ring is 1. The van der Waals surface area contributed by atoms with Gasteiger partial charge < -0.3 is 10.5 Å². The lowest BCUT2D eigenvalue weighted by molar-refractivity contribution is -0.137. The highest BCUT2D eigenvalue weighted by atomic mass is 32.2. The van der Waals surface area contributed by atoms with E-state index < -0.39 is 34.4 Å². The van der Waals surface area contributed by atoms with Crippen LogP contribution < -0.4 is 15.2 Å². The lowest BCUT2D eigenvalue weighted by Gasteiger charge is -2.16. The lowest BCUT2D eigenvalue weighted by Crippen LogP contribution is -2.38. The number of alkyl halides is 3. The standard InChI is InChI=1S/C12H17F3N2O3S/c1-9(8-12(13,14)15)17-21(18,19)7-6-20-11-4-2-10(16)3-5-11/h2-5,9,17H,6-8,16H2,1H3. The molecule has 0 amide bonds. The Bertz CT molecular complexity index is 544. The Labute approximate surface area is 121 Å². The van der Waals surface area contributed by atoms with Crippen LogP contribution in [0.1, 0.15) is 13.3 Å². The molecule has 1 aromatic rings. The van der Waals surface area contributed by atoms with Crippen LogP contribution in [0.2, 0.25) is 0 Å². The molecule has 3 N–H and O–H groups in total. The molecule has 5 nitrogen and oxygen atoms in total. The highest BCUT2D eigenvalue weighted by Gasteiger charge is 2.31. The van der Waals surface area contributed by atoms with Crippen LogP contribution in [0.15, 0.2) is 24.3 Å². The van der Waals surface area contributed by atoms with Gasteiger partial charge in [-0.1, -0.05) is 0 Å². The number of rotatable bonds is 7. The molecule has 0 bridgehead atoms. The zero-order chi connectivity index (χ0) is 16.1. The molecule has 21 heavy (non-hydrogen) atoms. The third-order valence-corrected chi connectivity index (χ3v) is 3.88. The number of anilines is 1. The van der Waals surface area contributed by atoms with E-state index in [0.29, 0.717) is 11.4 Å². The van der Waals surface area contributed by atoms with Crippen molar-refractivity contribution in [3.8, 4) is 5.75 Å². The van der Waals surface area contributed by atoms with Crippen molar-refractivity contribution in [3.05, 3.63) is 24.3 Å². The maximum Gasteiger partial charge on any atom is 0.390 e. The molecule has 0 saturated carbocycles. The molecule has 0 fully saturated rings. The number of halogens is 3. The van der Waals surface area contributed by atoms with E-state index in [-0.39, 0.29) is 6.61 Å². The van der Waals surface area contributed by atoms with Crippen LogP contribution >= 0.6 is 0 Å². The van der Waals surface area contributed by atoms with Gasteiger partial charge in [0.2, 0.25) is 10.0 Å². The summed E-state index contributed by atoms with van der Waals surface area (Å²) in [7, 11) is -3.83. The van der Waals surface area contributed by atoms with Crippen LogP contribution in [-0.2, 0) is 10.0 Å². The fourth-order valence-electron chi connectivity index (χ4n) is 1.59. The first kappa shape index (κ1) is 17.6. The Hall–Kier alpha value is -1.48. The number of sulfonamides is 1. The first-order chi connectivity index (χ1) is 9.57. The SMILES string of the molecule is CC(CC(F)(F)F)NS(=O)(=O)CCOc1ccc(N)cc1. The third-order valence-electron chi connectivity index (χ3n) is 2.42. The normalized spacial score (nSPS) is 13.9. The summed E-state index contributed by atoms with van der Waals surface area (Å²) in [5.41, 5.74) is 6.02. The van der Waals surface area contributed by atoms with Crippen molar-refractivity contribution in [2.24, 2.45) is 0 Å². The lowest BCUT2D eigenvalue weighted by atomic mass is 10.2. The van der Waals surface area contributed by atoms with E-state index in [1.54, 1.807) is 24.3 Å². The maximum atomic E-state index is 12.1. The summed E-state index contributed by atoms with van der Waals surface area (Å²) >= 11 is 0. The zero-order valence-electron chi connectivity index (χ0n) is 11.4. The summed E-state index contributed by atoms with van der Waals surface area (Å²) in [5.74, 6) is 0.00211. The van der Waals surface area contributed by atoms with E-state index in [9.17, 15) is 21.6 Å². The maximum absolute atomic E-state index is 12.1. The van der Waals surface area contributed by atoms with Crippen molar-refractivity contribution < 1.29 is 26.3 Å². The van der Waals surface area contributed by atoms with Gasteiger partial charge in [-0.3, -0.25) is 0 Å². The monoisotopic (exact) mass is 326 g/mol. The molecule has 0 spiro atoms. The highest BCUT2D eigenvalue weighted by Crippen LogP contribution is 2.21. The quantitative estimate of drug-likeness (QED) is 0.750. The van der Waals surface area contributed by atoms with E-state index in [0.717, 1.165) is 6.92 Å². The topological polar surface area (TPSA) is 81.4 Å². The van der Waals surface area contributed by atoms with Crippen LogP contribution in [0, 0.1) is 0 Å². The van der Waals surface area contributed by atoms with Gasteiger partial charge in [-0.05, 0) is 31.2 Å². The first-order valence-electron chi connectivity index (χ1n) is 6.12. The molecule has 0 heterocycles. The summed E-state index contributed by atoms with van der Waals surface area (Å²) in [6.45, 7) is 0.990. The van der Waals surface area contributed by atoms with Gasteiger partial charge in [0.25, 0.3) is 0 Å². The number of benzene rings is 1. The molecule has 1 rings (SSSR count). The number of nitrogens with one attached hydrogen (secondary N) is 1. The second kappa shape index (κ2) is 6.99. The van der Waals surface area contributed by atoms with Gasteiger partial charge in [0.15, 0.2) is 0 Å². The van der Waals surface area contributed by atoms with Crippen molar-refractivity contribution in [1.29, 1.82) is 0 Å². The van der Waals surface area contributed by atoms with Gasteiger partial charge in [-0.25, -0.2) is 13.1 Å². The van der Waals surface area contributed by atoms with Crippen LogP contribution in [0.3, 0.4) is 0 Å². The Morgan fingerprint density at radius 2 is 1.86 bits per heavy atom. The molecule has 0 aliphatic heterocycles. The summed E-state index contributed by atoms with van der Waals surface area (Å²) in [4.78, 5) is 0. The van der Waals surface area contributed by atoms with Gasteiger partial charge in [0.05, 0.1) is 12.2 Å². The highest BCUT2D eigenvalue weighted by molar-refractivity contribution is 7.89. The van der Waals surface area contributed by atoms with E-state index in [1.807, 2.05) is 4.72 Å². The van der Waals surface area contributed by atoms with Crippen LogP contribution in [0.4, 0.5) is 18.9 Å². The van der Waals surface area contributed by atoms with Gasteiger partial charge in [-0.2, -0.15) is 13.2 Å². The second-order valence-corrected chi connectivity index (χ2v) is 6.45. The second-order valence-electron chi connectivity index (χ2n) is 4.57. The molecule has 0 radical (unpaired) electrons. The van der Waals surface area contributed by atoms with Crippen LogP contribution in [0.5, 0.6) is 5.75 Å². The minimum atomic E-state index is -4.41. The van der Waals surface area contributed by atoms with E-state index in [2.05, 4.69) is 0 Å². The molecule has 1 atom stereocenters. The molecule has 9 heteroatoms. The number of hydrogen-bond acceptors (Lipinski definition) is 4. The third kappa shape index (κ3) is 7.76. The average Bonchev–Trinajstić information content (AvgIpc) is 2.28. The molecule has 1 aromatic carbocycles. The fourth-order valence-corrected chi connectivity index (χ4v) is 2.70. The van der Waals surface area contributed by atoms with Crippen molar-refractivity contribution in [1.82, 2.24) is 4.72 Å². The fraction of sp³-hybridized carbons (Fsp3) is 0.500. The van der Waals surface area contributed by atoms with Gasteiger partial charge >= 0.3 is 6.18 Å². The number of hydrogen-bond donors (Lipinski definition) is 2. The Kier molecular flexibility index (Phi) is 5.85. The van der Waals surface area contributed by atoms with Crippen LogP contribution in [-0.4, -0.2) is 33.0 Å². The molecule has 0 aliphatic carbocycles. The van der Waals surface area contributed by atoms with Crippen LogP contribution in [0.25, 0.3) is 0 Å². The van der Waals surface area contributed by atoms with Crippen molar-refractivity contribution in [2.45, 2.75) is 25.6 Å². The Morgan fingerprint density at radius 3 is 2.38 bits per heavy atom. The Balaban J connectivity index is 2.41.